The topological polar surface area (TPSA) is 56.5 Å². The molecule has 16 heavy (non-hydrogen) atoms. The van der Waals surface area contributed by atoms with Gasteiger partial charge in [-0.05, 0) is 35.9 Å². The maximum atomic E-state index is 10.9. The number of halogens is 1. The Morgan fingerprint density at radius 1 is 1.31 bits per heavy atom. The molecule has 0 aliphatic rings. The largest absolute Gasteiger partial charge is 0.484 e. The van der Waals surface area contributed by atoms with Crippen LogP contribution < -0.4 is 10.4 Å². The second-order valence-corrected chi connectivity index (χ2v) is 3.52. The van der Waals surface area contributed by atoms with Crippen LogP contribution in [0.25, 0.3) is 11.0 Å². The number of rotatable bonds is 3. The van der Waals surface area contributed by atoms with E-state index in [-0.39, 0.29) is 6.61 Å². The first kappa shape index (κ1) is 10.7. The number of hydrogen-bond acceptors (Lipinski definition) is 4. The molecule has 0 aliphatic carbocycles. The highest BCUT2D eigenvalue weighted by Gasteiger charge is 2.01. The minimum absolute atomic E-state index is 0.191. The molecule has 0 N–H and O–H groups in total. The molecule has 1 aromatic carbocycles. The van der Waals surface area contributed by atoms with E-state index >= 15 is 0 Å². The van der Waals surface area contributed by atoms with Crippen LogP contribution in [0, 0.1) is 0 Å². The highest BCUT2D eigenvalue weighted by atomic mass is 35.5. The molecule has 4 nitrogen and oxygen atoms in total. The molecule has 0 saturated heterocycles. The SMILES string of the molecule is O=C(Cl)COc1ccc2oc(=O)ccc2c1. The van der Waals surface area contributed by atoms with Crippen molar-refractivity contribution in [1.29, 1.82) is 0 Å². The van der Waals surface area contributed by atoms with Gasteiger partial charge in [-0.3, -0.25) is 4.79 Å². The Hall–Kier alpha value is -1.81. The molecule has 0 bridgehead atoms. The fraction of sp³-hybridized carbons (Fsp3) is 0.0909. The maximum Gasteiger partial charge on any atom is 0.336 e. The van der Waals surface area contributed by atoms with Gasteiger partial charge < -0.3 is 9.15 Å². The molecule has 2 rings (SSSR count). The van der Waals surface area contributed by atoms with E-state index in [2.05, 4.69) is 0 Å². The molecule has 0 unspecified atom stereocenters. The van der Waals surface area contributed by atoms with Gasteiger partial charge in [-0.2, -0.15) is 0 Å². The van der Waals surface area contributed by atoms with Gasteiger partial charge in [0.05, 0.1) is 0 Å². The van der Waals surface area contributed by atoms with E-state index in [1.807, 2.05) is 0 Å². The molecule has 0 amide bonds. The van der Waals surface area contributed by atoms with Crippen molar-refractivity contribution in [2.75, 3.05) is 6.61 Å². The lowest BCUT2D eigenvalue weighted by molar-refractivity contribution is -0.113. The van der Waals surface area contributed by atoms with Crippen LogP contribution in [0.15, 0.2) is 39.5 Å². The summed E-state index contributed by atoms with van der Waals surface area (Å²) in [6.45, 7) is -0.191. The van der Waals surface area contributed by atoms with E-state index in [9.17, 15) is 9.59 Å². The number of ether oxygens (including phenoxy) is 1. The summed E-state index contributed by atoms with van der Waals surface area (Å²) in [5.41, 5.74) is 0.0640. The van der Waals surface area contributed by atoms with E-state index < -0.39 is 10.9 Å². The molecule has 1 aromatic heterocycles. The highest BCUT2D eigenvalue weighted by Crippen LogP contribution is 2.19. The third-order valence-electron chi connectivity index (χ3n) is 1.94. The normalized spacial score (nSPS) is 10.3. The first-order valence-corrected chi connectivity index (χ1v) is 4.88. The summed E-state index contributed by atoms with van der Waals surface area (Å²) in [5.74, 6) is 0.496. The van der Waals surface area contributed by atoms with E-state index in [0.717, 1.165) is 5.39 Å². The van der Waals surface area contributed by atoms with Crippen molar-refractivity contribution >= 4 is 27.8 Å². The van der Waals surface area contributed by atoms with Gasteiger partial charge in [0.25, 0.3) is 5.24 Å². The van der Waals surface area contributed by atoms with Gasteiger partial charge >= 0.3 is 5.63 Å². The van der Waals surface area contributed by atoms with Gasteiger partial charge in [0.2, 0.25) is 0 Å². The summed E-state index contributed by atoms with van der Waals surface area (Å²) in [7, 11) is 0. The van der Waals surface area contributed by atoms with Gasteiger partial charge in [0.1, 0.15) is 11.3 Å². The zero-order valence-electron chi connectivity index (χ0n) is 8.10. The van der Waals surface area contributed by atoms with Crippen molar-refractivity contribution in [2.45, 2.75) is 0 Å². The third kappa shape index (κ3) is 2.41. The van der Waals surface area contributed by atoms with Gasteiger partial charge in [-0.25, -0.2) is 4.79 Å². The smallest absolute Gasteiger partial charge is 0.336 e. The Labute approximate surface area is 95.4 Å². The van der Waals surface area contributed by atoms with Gasteiger partial charge in [-0.1, -0.05) is 0 Å². The molecular weight excluding hydrogens is 232 g/mol. The van der Waals surface area contributed by atoms with Crippen LogP contribution in [0.2, 0.25) is 0 Å². The average molecular weight is 239 g/mol. The minimum Gasteiger partial charge on any atom is -0.484 e. The van der Waals surface area contributed by atoms with E-state index in [1.165, 1.54) is 6.07 Å². The lowest BCUT2D eigenvalue weighted by atomic mass is 10.2. The lowest BCUT2D eigenvalue weighted by Crippen LogP contribution is -2.04. The Morgan fingerprint density at radius 2 is 2.12 bits per heavy atom. The Balaban J connectivity index is 2.33. The van der Waals surface area contributed by atoms with Crippen LogP contribution >= 0.6 is 11.6 Å². The number of fused-ring (bicyclic) bond motifs is 1. The summed E-state index contributed by atoms with van der Waals surface area (Å²) in [6, 6.07) is 7.81. The van der Waals surface area contributed by atoms with Crippen LogP contribution in [0.4, 0.5) is 0 Å². The van der Waals surface area contributed by atoms with Crippen molar-refractivity contribution in [3.63, 3.8) is 0 Å². The molecule has 0 fully saturated rings. The van der Waals surface area contributed by atoms with Crippen molar-refractivity contribution in [3.05, 3.63) is 40.8 Å². The Bertz CT molecular complexity index is 588. The lowest BCUT2D eigenvalue weighted by Gasteiger charge is -2.03. The summed E-state index contributed by atoms with van der Waals surface area (Å²) in [6.07, 6.45) is 0. The molecule has 0 atom stereocenters. The second kappa shape index (κ2) is 4.37. The molecule has 0 saturated carbocycles. The fourth-order valence-corrected chi connectivity index (χ4v) is 1.33. The first-order valence-electron chi connectivity index (χ1n) is 4.50. The number of hydrogen-bond donors (Lipinski definition) is 0. The average Bonchev–Trinajstić information content (AvgIpc) is 2.26. The number of carbonyl (C=O) groups excluding carboxylic acids is 1. The predicted octanol–water partition coefficient (Wildman–Crippen LogP) is 1.94. The zero-order chi connectivity index (χ0) is 11.5. The number of benzene rings is 1. The minimum atomic E-state index is -0.570. The Morgan fingerprint density at radius 3 is 2.88 bits per heavy atom. The quantitative estimate of drug-likeness (QED) is 0.606. The van der Waals surface area contributed by atoms with E-state index in [1.54, 1.807) is 24.3 Å². The predicted molar refractivity (Wildman–Crippen MR) is 58.8 cm³/mol. The maximum absolute atomic E-state index is 10.9. The molecule has 2 aromatic rings. The van der Waals surface area contributed by atoms with Crippen molar-refractivity contribution in [1.82, 2.24) is 0 Å². The molecule has 1 heterocycles. The fourth-order valence-electron chi connectivity index (χ4n) is 1.28. The van der Waals surface area contributed by atoms with Crippen LogP contribution in [0.5, 0.6) is 5.75 Å². The Kier molecular flexibility index (Phi) is 2.92. The van der Waals surface area contributed by atoms with Crippen LogP contribution in [-0.2, 0) is 4.79 Å². The standard InChI is InChI=1S/C11H7ClO4/c12-10(13)6-15-8-2-3-9-7(5-8)1-4-11(14)16-9/h1-5H,6H2. The summed E-state index contributed by atoms with van der Waals surface area (Å²) < 4.78 is 10.0. The molecule has 0 spiro atoms. The van der Waals surface area contributed by atoms with Crippen LogP contribution in [0.1, 0.15) is 0 Å². The molecule has 0 radical (unpaired) electrons. The van der Waals surface area contributed by atoms with Crippen LogP contribution in [-0.4, -0.2) is 11.8 Å². The van der Waals surface area contributed by atoms with Gasteiger partial charge in [-0.15, -0.1) is 0 Å². The molecule has 82 valence electrons. The zero-order valence-corrected chi connectivity index (χ0v) is 8.86. The van der Waals surface area contributed by atoms with Crippen molar-refractivity contribution in [2.24, 2.45) is 0 Å². The summed E-state index contributed by atoms with van der Waals surface area (Å²) >= 11 is 5.14. The third-order valence-corrected chi connectivity index (χ3v) is 2.05. The molecule has 0 aliphatic heterocycles. The highest BCUT2D eigenvalue weighted by molar-refractivity contribution is 6.63. The summed E-state index contributed by atoms with van der Waals surface area (Å²) in [5, 5.41) is 0.152. The number of carbonyl (C=O) groups is 1. The van der Waals surface area contributed by atoms with Gasteiger partial charge in [0.15, 0.2) is 6.61 Å². The van der Waals surface area contributed by atoms with Gasteiger partial charge in [0, 0.05) is 11.5 Å². The van der Waals surface area contributed by atoms with Crippen molar-refractivity contribution in [3.8, 4) is 5.75 Å². The van der Waals surface area contributed by atoms with Crippen molar-refractivity contribution < 1.29 is 13.9 Å². The van der Waals surface area contributed by atoms with Crippen LogP contribution in [0.3, 0.4) is 0 Å². The monoisotopic (exact) mass is 238 g/mol. The molecule has 5 heteroatoms. The summed E-state index contributed by atoms with van der Waals surface area (Å²) in [4.78, 5) is 21.4. The van der Waals surface area contributed by atoms with E-state index in [4.69, 9.17) is 20.8 Å². The first-order chi connectivity index (χ1) is 7.65. The van der Waals surface area contributed by atoms with E-state index in [0.29, 0.717) is 11.3 Å². The molecular formula is C11H7ClO4. The second-order valence-electron chi connectivity index (χ2n) is 3.10.